The van der Waals surface area contributed by atoms with Crippen molar-refractivity contribution in [2.45, 2.75) is 13.8 Å². The molecule has 0 bridgehead atoms. The van der Waals surface area contributed by atoms with Crippen molar-refractivity contribution in [3.63, 3.8) is 0 Å². The summed E-state index contributed by atoms with van der Waals surface area (Å²) in [5.74, 6) is 0. The van der Waals surface area contributed by atoms with Gasteiger partial charge in [0.25, 0.3) is 0 Å². The first-order valence-corrected chi connectivity index (χ1v) is 6.42. The van der Waals surface area contributed by atoms with E-state index in [9.17, 15) is 0 Å². The molecule has 54 valence electrons. The van der Waals surface area contributed by atoms with Gasteiger partial charge < -0.3 is 0 Å². The zero-order valence-corrected chi connectivity index (χ0v) is 8.67. The van der Waals surface area contributed by atoms with E-state index in [4.69, 9.17) is 0 Å². The molecule has 0 saturated heterocycles. The molecule has 0 aliphatic heterocycles. The van der Waals surface area contributed by atoms with Gasteiger partial charge in [0.15, 0.2) is 0 Å². The molecule has 0 aromatic carbocycles. The molecule has 0 radical (unpaired) electrons. The van der Waals surface area contributed by atoms with Gasteiger partial charge in [-0.2, -0.15) is 0 Å². The lowest BCUT2D eigenvalue weighted by Gasteiger charge is -2.00. The van der Waals surface area contributed by atoms with Crippen molar-refractivity contribution in [3.05, 3.63) is 9.81 Å². The normalized spacial score (nSPS) is 13.3. The van der Waals surface area contributed by atoms with Crippen LogP contribution in [-0.2, 0) is 0 Å². The highest BCUT2D eigenvalue weighted by Gasteiger charge is 1.93. The third-order valence-corrected chi connectivity index (χ3v) is 4.03. The Kier molecular flexibility index (Phi) is 6.05. The van der Waals surface area contributed by atoms with Crippen molar-refractivity contribution in [3.8, 4) is 0 Å². The van der Waals surface area contributed by atoms with Crippen LogP contribution < -0.4 is 0 Å². The van der Waals surface area contributed by atoms with E-state index in [0.717, 1.165) is 0 Å². The van der Waals surface area contributed by atoms with Gasteiger partial charge in [0, 0.05) is 4.91 Å². The van der Waals surface area contributed by atoms with E-state index in [1.165, 1.54) is 9.81 Å². The van der Waals surface area contributed by atoms with Crippen LogP contribution in [-0.4, -0.2) is 12.5 Å². The predicted molar refractivity (Wildman–Crippen MR) is 53.0 cm³/mol. The van der Waals surface area contributed by atoms with E-state index in [1.54, 1.807) is 10.8 Å². The summed E-state index contributed by atoms with van der Waals surface area (Å²) in [5.41, 5.74) is 0. The van der Waals surface area contributed by atoms with Gasteiger partial charge in [0.2, 0.25) is 0 Å². The summed E-state index contributed by atoms with van der Waals surface area (Å²) in [6.45, 7) is 4.32. The van der Waals surface area contributed by atoms with Gasteiger partial charge in [-0.25, -0.2) is 0 Å². The van der Waals surface area contributed by atoms with Crippen LogP contribution in [0.4, 0.5) is 0 Å². The summed E-state index contributed by atoms with van der Waals surface area (Å²) < 4.78 is 0. The van der Waals surface area contributed by atoms with Crippen molar-refractivity contribution in [2.24, 2.45) is 0 Å². The van der Waals surface area contributed by atoms with E-state index in [2.05, 4.69) is 26.4 Å². The Morgan fingerprint density at radius 2 is 1.56 bits per heavy atom. The molecule has 0 saturated carbocycles. The fourth-order valence-electron chi connectivity index (χ4n) is 0.327. The lowest BCUT2D eigenvalue weighted by molar-refractivity contribution is 1.56. The molecular weight excluding hydrogens is 168 g/mol. The summed E-state index contributed by atoms with van der Waals surface area (Å²) in [4.78, 5) is 2.85. The van der Waals surface area contributed by atoms with Crippen LogP contribution in [0, 0.1) is 0 Å². The quantitative estimate of drug-likeness (QED) is 0.609. The molecule has 0 heterocycles. The smallest absolute Gasteiger partial charge is 0.00190 e. The molecule has 0 atom stereocenters. The highest BCUT2D eigenvalue weighted by molar-refractivity contribution is 8.78. The first kappa shape index (κ1) is 9.79. The minimum absolute atomic E-state index is 1.43. The third kappa shape index (κ3) is 4.23. The molecular formula is C6H12S3. The Balaban J connectivity index is 3.78. The van der Waals surface area contributed by atoms with E-state index in [1.807, 2.05) is 22.6 Å². The van der Waals surface area contributed by atoms with Crippen LogP contribution in [0.15, 0.2) is 9.81 Å². The van der Waals surface area contributed by atoms with Gasteiger partial charge in [-0.3, -0.25) is 0 Å². The molecule has 0 spiro atoms. The van der Waals surface area contributed by atoms with Gasteiger partial charge in [0.05, 0.1) is 0 Å². The lowest BCUT2D eigenvalue weighted by Crippen LogP contribution is -1.69. The third-order valence-electron chi connectivity index (χ3n) is 1.01. The van der Waals surface area contributed by atoms with Crippen molar-refractivity contribution in [2.75, 3.05) is 12.5 Å². The average Bonchev–Trinajstić information content (AvgIpc) is 1.87. The largest absolute Gasteiger partial charge is 0.133 e. The topological polar surface area (TPSA) is 0 Å². The zero-order valence-electron chi connectivity index (χ0n) is 6.22. The summed E-state index contributed by atoms with van der Waals surface area (Å²) in [6.07, 6.45) is 4.21. The molecule has 0 aromatic heterocycles. The highest BCUT2D eigenvalue weighted by Crippen LogP contribution is 2.32. The van der Waals surface area contributed by atoms with E-state index in [0.29, 0.717) is 0 Å². The molecule has 0 aromatic rings. The van der Waals surface area contributed by atoms with Crippen LogP contribution in [0.5, 0.6) is 0 Å². The van der Waals surface area contributed by atoms with Crippen LogP contribution in [0.2, 0.25) is 0 Å². The Hall–Kier alpha value is 0.790. The minimum Gasteiger partial charge on any atom is -0.133 e. The fraction of sp³-hybridized carbons (Fsp3) is 0.667. The molecule has 3 heteroatoms. The molecule has 0 aliphatic carbocycles. The van der Waals surface area contributed by atoms with E-state index >= 15 is 0 Å². The van der Waals surface area contributed by atoms with Gasteiger partial charge >= 0.3 is 0 Å². The van der Waals surface area contributed by atoms with Gasteiger partial charge in [-0.15, -0.1) is 11.8 Å². The summed E-state index contributed by atoms with van der Waals surface area (Å²) in [6, 6.07) is 0. The van der Waals surface area contributed by atoms with Crippen LogP contribution >= 0.6 is 33.3 Å². The Morgan fingerprint density at radius 3 is 1.89 bits per heavy atom. The Morgan fingerprint density at radius 1 is 1.00 bits per heavy atom. The Bertz CT molecular complexity index is 107. The number of hydrogen-bond acceptors (Lipinski definition) is 3. The number of thioether (sulfide) groups is 1. The average molecular weight is 180 g/mol. The van der Waals surface area contributed by atoms with Crippen LogP contribution in [0.3, 0.4) is 0 Å². The number of rotatable bonds is 3. The maximum absolute atomic E-state index is 2.16. The second-order valence-electron chi connectivity index (χ2n) is 1.57. The molecule has 0 unspecified atom stereocenters. The van der Waals surface area contributed by atoms with Crippen molar-refractivity contribution < 1.29 is 0 Å². The van der Waals surface area contributed by atoms with Gasteiger partial charge in [-0.05, 0) is 31.3 Å². The monoisotopic (exact) mass is 180 g/mol. The van der Waals surface area contributed by atoms with Crippen molar-refractivity contribution >= 4 is 33.3 Å². The summed E-state index contributed by atoms with van der Waals surface area (Å²) in [7, 11) is 3.64. The zero-order chi connectivity index (χ0) is 7.28. The minimum atomic E-state index is 1.43. The highest BCUT2D eigenvalue weighted by atomic mass is 33.1. The summed E-state index contributed by atoms with van der Waals surface area (Å²) >= 11 is 1.82. The number of allylic oxidation sites excluding steroid dienone is 2. The molecule has 9 heavy (non-hydrogen) atoms. The fourth-order valence-corrected chi connectivity index (χ4v) is 2.64. The first-order chi connectivity index (χ1) is 4.22. The van der Waals surface area contributed by atoms with E-state index < -0.39 is 0 Å². The number of hydrogen-bond donors (Lipinski definition) is 0. The van der Waals surface area contributed by atoms with Crippen molar-refractivity contribution in [1.29, 1.82) is 0 Å². The molecule has 0 aliphatic rings. The van der Waals surface area contributed by atoms with E-state index in [-0.39, 0.29) is 0 Å². The molecule has 0 fully saturated rings. The van der Waals surface area contributed by atoms with Gasteiger partial charge in [0.1, 0.15) is 0 Å². The standard InChI is InChI=1S/C6H12S3/c1-5(7-3)6(2)9-8-4/h1-4H3/b6-5-. The second-order valence-corrected chi connectivity index (χ2v) is 5.20. The predicted octanol–water partition coefficient (Wildman–Crippen LogP) is 3.61. The summed E-state index contributed by atoms with van der Waals surface area (Å²) in [5, 5.41) is 0. The van der Waals surface area contributed by atoms with Gasteiger partial charge in [-0.1, -0.05) is 21.6 Å². The Labute approximate surface area is 69.6 Å². The lowest BCUT2D eigenvalue weighted by atomic mass is 10.6. The van der Waals surface area contributed by atoms with Crippen LogP contribution in [0.25, 0.3) is 0 Å². The van der Waals surface area contributed by atoms with Crippen LogP contribution in [0.1, 0.15) is 13.8 Å². The SMILES string of the molecule is CSS/C(C)=C(/C)SC. The van der Waals surface area contributed by atoms with Crippen molar-refractivity contribution in [1.82, 2.24) is 0 Å². The molecule has 0 rings (SSSR count). The first-order valence-electron chi connectivity index (χ1n) is 2.64. The maximum atomic E-state index is 2.16. The maximum Gasteiger partial charge on any atom is 0.00190 e. The molecule has 0 N–H and O–H groups in total. The molecule has 0 amide bonds. The molecule has 0 nitrogen and oxygen atoms in total. The second kappa shape index (κ2) is 5.57.